The second kappa shape index (κ2) is 8.24. The Morgan fingerprint density at radius 1 is 1.04 bits per heavy atom. The normalized spacial score (nSPS) is 11.6. The SMILES string of the molecule is C/C(CC(=O)NC(C)(C)C)=N\NC(=O)C(=O)Nc1ccc(C)cc1. The van der Waals surface area contributed by atoms with E-state index in [4.69, 9.17) is 0 Å². The molecule has 0 saturated carbocycles. The summed E-state index contributed by atoms with van der Waals surface area (Å²) < 4.78 is 0. The fourth-order valence-electron chi connectivity index (χ4n) is 1.76. The molecule has 0 unspecified atom stereocenters. The monoisotopic (exact) mass is 332 g/mol. The van der Waals surface area contributed by atoms with Crippen LogP contribution in [-0.2, 0) is 14.4 Å². The van der Waals surface area contributed by atoms with E-state index in [0.29, 0.717) is 11.4 Å². The van der Waals surface area contributed by atoms with Crippen molar-refractivity contribution in [1.82, 2.24) is 10.7 Å². The fraction of sp³-hybridized carbons (Fsp3) is 0.412. The Labute approximate surface area is 141 Å². The molecule has 0 saturated heterocycles. The van der Waals surface area contributed by atoms with Crippen molar-refractivity contribution in [3.05, 3.63) is 29.8 Å². The van der Waals surface area contributed by atoms with Crippen molar-refractivity contribution in [2.75, 3.05) is 5.32 Å². The van der Waals surface area contributed by atoms with E-state index < -0.39 is 11.8 Å². The van der Waals surface area contributed by atoms with Gasteiger partial charge < -0.3 is 10.6 Å². The van der Waals surface area contributed by atoms with Crippen LogP contribution >= 0.6 is 0 Å². The van der Waals surface area contributed by atoms with Crippen molar-refractivity contribution in [3.63, 3.8) is 0 Å². The molecule has 1 aromatic rings. The smallest absolute Gasteiger partial charge is 0.329 e. The highest BCUT2D eigenvalue weighted by Gasteiger charge is 2.15. The summed E-state index contributed by atoms with van der Waals surface area (Å²) in [6.07, 6.45) is 0.0388. The standard InChI is InChI=1S/C17H24N4O3/c1-11-6-8-13(9-7-11)18-15(23)16(24)21-20-12(2)10-14(22)19-17(3,4)5/h6-9H,10H2,1-5H3,(H,18,23)(H,19,22)(H,21,24)/b20-12+. The van der Waals surface area contributed by atoms with Gasteiger partial charge in [-0.25, -0.2) is 5.43 Å². The topological polar surface area (TPSA) is 99.7 Å². The second-order valence-electron chi connectivity index (χ2n) is 6.58. The van der Waals surface area contributed by atoms with E-state index in [1.54, 1.807) is 19.1 Å². The molecule has 0 heterocycles. The molecule has 0 atom stereocenters. The lowest BCUT2D eigenvalue weighted by molar-refractivity contribution is -0.136. The average molecular weight is 332 g/mol. The van der Waals surface area contributed by atoms with E-state index in [1.807, 2.05) is 39.8 Å². The molecule has 0 aromatic heterocycles. The Balaban J connectivity index is 2.49. The summed E-state index contributed by atoms with van der Waals surface area (Å²) in [7, 11) is 0. The number of nitrogens with zero attached hydrogens (tertiary/aromatic N) is 1. The molecule has 130 valence electrons. The number of aryl methyl sites for hydroxylation is 1. The summed E-state index contributed by atoms with van der Waals surface area (Å²) in [4.78, 5) is 35.2. The zero-order valence-corrected chi connectivity index (χ0v) is 14.7. The first-order valence-corrected chi connectivity index (χ1v) is 7.59. The van der Waals surface area contributed by atoms with Crippen LogP contribution in [0.2, 0.25) is 0 Å². The third kappa shape index (κ3) is 7.53. The molecule has 1 rings (SSSR count). The van der Waals surface area contributed by atoms with Crippen LogP contribution in [0.4, 0.5) is 5.69 Å². The molecular formula is C17H24N4O3. The van der Waals surface area contributed by atoms with Gasteiger partial charge in [-0.15, -0.1) is 0 Å². The zero-order chi connectivity index (χ0) is 18.3. The Kier molecular flexibility index (Phi) is 6.64. The number of carbonyl (C=O) groups is 3. The largest absolute Gasteiger partial charge is 0.351 e. The van der Waals surface area contributed by atoms with Gasteiger partial charge in [0.1, 0.15) is 0 Å². The molecule has 0 aliphatic heterocycles. The lowest BCUT2D eigenvalue weighted by atomic mass is 10.1. The molecule has 0 aliphatic carbocycles. The van der Waals surface area contributed by atoms with Crippen LogP contribution in [0.15, 0.2) is 29.4 Å². The van der Waals surface area contributed by atoms with Crippen molar-refractivity contribution in [2.24, 2.45) is 5.10 Å². The Morgan fingerprint density at radius 3 is 2.17 bits per heavy atom. The van der Waals surface area contributed by atoms with Crippen molar-refractivity contribution >= 4 is 29.1 Å². The van der Waals surface area contributed by atoms with Gasteiger partial charge >= 0.3 is 11.8 Å². The quantitative estimate of drug-likeness (QED) is 0.445. The maximum Gasteiger partial charge on any atom is 0.329 e. The van der Waals surface area contributed by atoms with Gasteiger partial charge in [-0.2, -0.15) is 5.10 Å². The van der Waals surface area contributed by atoms with E-state index >= 15 is 0 Å². The van der Waals surface area contributed by atoms with Gasteiger partial charge in [0.25, 0.3) is 0 Å². The van der Waals surface area contributed by atoms with Crippen molar-refractivity contribution in [3.8, 4) is 0 Å². The third-order valence-electron chi connectivity index (χ3n) is 2.79. The molecule has 24 heavy (non-hydrogen) atoms. The first kappa shape index (κ1) is 19.3. The molecule has 7 nitrogen and oxygen atoms in total. The van der Waals surface area contributed by atoms with Crippen LogP contribution in [0.3, 0.4) is 0 Å². The molecule has 1 aromatic carbocycles. The van der Waals surface area contributed by atoms with Crippen LogP contribution in [0.5, 0.6) is 0 Å². The van der Waals surface area contributed by atoms with Crippen molar-refractivity contribution in [1.29, 1.82) is 0 Å². The van der Waals surface area contributed by atoms with Gasteiger partial charge in [0.2, 0.25) is 5.91 Å². The minimum absolute atomic E-state index is 0.0388. The number of benzene rings is 1. The zero-order valence-electron chi connectivity index (χ0n) is 14.7. The summed E-state index contributed by atoms with van der Waals surface area (Å²) in [5, 5.41) is 9.02. The number of amides is 3. The first-order valence-electron chi connectivity index (χ1n) is 7.59. The maximum atomic E-state index is 11.7. The Hall–Kier alpha value is -2.70. The lowest BCUT2D eigenvalue weighted by Gasteiger charge is -2.20. The summed E-state index contributed by atoms with van der Waals surface area (Å²) in [6.45, 7) is 9.13. The van der Waals surface area contributed by atoms with Crippen LogP contribution < -0.4 is 16.1 Å². The summed E-state index contributed by atoms with van der Waals surface area (Å²) in [5.41, 5.74) is 3.76. The molecule has 7 heteroatoms. The first-order chi connectivity index (χ1) is 11.1. The van der Waals surface area contributed by atoms with Crippen LogP contribution in [0.1, 0.15) is 39.7 Å². The molecular weight excluding hydrogens is 308 g/mol. The number of hydrogen-bond donors (Lipinski definition) is 3. The highest BCUT2D eigenvalue weighted by molar-refractivity contribution is 6.39. The molecule has 0 bridgehead atoms. The van der Waals surface area contributed by atoms with Crippen LogP contribution in [-0.4, -0.2) is 29.0 Å². The molecule has 3 amide bonds. The minimum atomic E-state index is -0.897. The number of rotatable bonds is 4. The van der Waals surface area contributed by atoms with E-state index in [-0.39, 0.29) is 17.9 Å². The predicted octanol–water partition coefficient (Wildman–Crippen LogP) is 1.73. The second-order valence-corrected chi connectivity index (χ2v) is 6.58. The number of nitrogens with one attached hydrogen (secondary N) is 3. The molecule has 0 fully saturated rings. The van der Waals surface area contributed by atoms with E-state index in [9.17, 15) is 14.4 Å². The molecule has 3 N–H and O–H groups in total. The molecule has 0 aliphatic rings. The third-order valence-corrected chi connectivity index (χ3v) is 2.79. The van der Waals surface area contributed by atoms with Gasteiger partial charge in [0.15, 0.2) is 0 Å². The highest BCUT2D eigenvalue weighted by Crippen LogP contribution is 2.08. The number of hydrogen-bond acceptors (Lipinski definition) is 4. The highest BCUT2D eigenvalue weighted by atomic mass is 16.2. The Morgan fingerprint density at radius 2 is 1.62 bits per heavy atom. The van der Waals surface area contributed by atoms with Crippen molar-refractivity contribution < 1.29 is 14.4 Å². The minimum Gasteiger partial charge on any atom is -0.351 e. The molecule has 0 spiro atoms. The van der Waals surface area contributed by atoms with Crippen LogP contribution in [0, 0.1) is 6.92 Å². The fourth-order valence-corrected chi connectivity index (χ4v) is 1.76. The number of carbonyl (C=O) groups excluding carboxylic acids is 3. The van der Waals surface area contributed by atoms with Gasteiger partial charge in [0.05, 0.1) is 6.42 Å². The summed E-state index contributed by atoms with van der Waals surface area (Å²) in [5.74, 6) is -1.93. The van der Waals surface area contributed by atoms with E-state index in [2.05, 4.69) is 21.2 Å². The lowest BCUT2D eigenvalue weighted by Crippen LogP contribution is -2.41. The van der Waals surface area contributed by atoms with E-state index in [0.717, 1.165) is 5.56 Å². The summed E-state index contributed by atoms with van der Waals surface area (Å²) >= 11 is 0. The average Bonchev–Trinajstić information content (AvgIpc) is 2.45. The Bertz CT molecular complexity index is 643. The number of anilines is 1. The number of hydrazone groups is 1. The van der Waals surface area contributed by atoms with Gasteiger partial charge in [-0.1, -0.05) is 17.7 Å². The molecule has 0 radical (unpaired) electrons. The maximum absolute atomic E-state index is 11.7. The van der Waals surface area contributed by atoms with Gasteiger partial charge in [-0.3, -0.25) is 14.4 Å². The predicted molar refractivity (Wildman–Crippen MR) is 93.6 cm³/mol. The van der Waals surface area contributed by atoms with Gasteiger partial charge in [-0.05, 0) is 46.8 Å². The van der Waals surface area contributed by atoms with Crippen LogP contribution in [0.25, 0.3) is 0 Å². The van der Waals surface area contributed by atoms with E-state index in [1.165, 1.54) is 0 Å². The summed E-state index contributed by atoms with van der Waals surface area (Å²) in [6, 6.07) is 7.05. The van der Waals surface area contributed by atoms with Gasteiger partial charge in [0, 0.05) is 16.9 Å². The van der Waals surface area contributed by atoms with Crippen molar-refractivity contribution in [2.45, 2.75) is 46.6 Å².